The minimum atomic E-state index is -1.52. The van der Waals surface area contributed by atoms with Gasteiger partial charge in [0.05, 0.1) is 0 Å². The molecule has 2 unspecified atom stereocenters. The molecule has 2 aromatic carbocycles. The SMILES string of the molecule is CC(NC(=O)OCC1c2ccccc2-c2ccccc21)C(=O)OCC(NC(=O)OC(C)(C)C)C(=O)O. The van der Waals surface area contributed by atoms with Crippen molar-refractivity contribution in [1.29, 1.82) is 0 Å². The minimum Gasteiger partial charge on any atom is -0.480 e. The first-order valence-corrected chi connectivity index (χ1v) is 11.5. The Morgan fingerprint density at radius 3 is 1.97 bits per heavy atom. The number of nitrogens with one attached hydrogen (secondary N) is 2. The molecule has 10 heteroatoms. The third-order valence-corrected chi connectivity index (χ3v) is 5.41. The van der Waals surface area contributed by atoms with E-state index in [1.165, 1.54) is 6.92 Å². The topological polar surface area (TPSA) is 140 Å². The number of benzene rings is 2. The minimum absolute atomic E-state index is 0.0719. The van der Waals surface area contributed by atoms with Gasteiger partial charge < -0.3 is 30.0 Å². The van der Waals surface area contributed by atoms with Gasteiger partial charge >= 0.3 is 24.1 Å². The molecule has 3 rings (SSSR count). The second kappa shape index (κ2) is 11.1. The lowest BCUT2D eigenvalue weighted by atomic mass is 9.98. The third-order valence-electron chi connectivity index (χ3n) is 5.41. The first-order valence-electron chi connectivity index (χ1n) is 11.5. The second-order valence-electron chi connectivity index (χ2n) is 9.36. The highest BCUT2D eigenvalue weighted by Crippen LogP contribution is 2.44. The van der Waals surface area contributed by atoms with Gasteiger partial charge in [0, 0.05) is 5.92 Å². The van der Waals surface area contributed by atoms with Crippen LogP contribution in [0, 0.1) is 0 Å². The van der Waals surface area contributed by atoms with Crippen molar-refractivity contribution in [2.45, 2.75) is 51.3 Å². The molecule has 0 spiro atoms. The highest BCUT2D eigenvalue weighted by Gasteiger charge is 2.30. The van der Waals surface area contributed by atoms with Crippen molar-refractivity contribution in [3.63, 3.8) is 0 Å². The summed E-state index contributed by atoms with van der Waals surface area (Å²) in [5.41, 5.74) is 3.46. The molecule has 0 saturated heterocycles. The molecule has 0 aromatic heterocycles. The van der Waals surface area contributed by atoms with Crippen LogP contribution in [0.25, 0.3) is 11.1 Å². The average molecular weight is 499 g/mol. The summed E-state index contributed by atoms with van der Waals surface area (Å²) in [6.07, 6.45) is -1.78. The first kappa shape index (κ1) is 26.5. The number of carboxylic acid groups (broad SMARTS) is 1. The lowest BCUT2D eigenvalue weighted by Crippen LogP contribution is -2.47. The van der Waals surface area contributed by atoms with Gasteiger partial charge in [-0.05, 0) is 49.9 Å². The predicted octanol–water partition coefficient (Wildman–Crippen LogP) is 3.43. The van der Waals surface area contributed by atoms with E-state index >= 15 is 0 Å². The Balaban J connectivity index is 1.50. The molecule has 36 heavy (non-hydrogen) atoms. The summed E-state index contributed by atoms with van der Waals surface area (Å²) >= 11 is 0. The summed E-state index contributed by atoms with van der Waals surface area (Å²) in [4.78, 5) is 47.9. The second-order valence-corrected chi connectivity index (χ2v) is 9.36. The molecule has 192 valence electrons. The molecular weight excluding hydrogens is 468 g/mol. The Labute approximate surface area is 208 Å². The standard InChI is InChI=1S/C26H30N2O8/c1-15(23(31)34-14-21(22(29)30)28-25(33)36-26(2,3)4)27-24(32)35-13-20-18-11-7-5-9-16(18)17-10-6-8-12-19(17)20/h5-12,15,20-21H,13-14H2,1-4H3,(H,27,32)(H,28,33)(H,29,30). The van der Waals surface area contributed by atoms with E-state index in [0.717, 1.165) is 22.3 Å². The zero-order chi connectivity index (χ0) is 26.5. The van der Waals surface area contributed by atoms with Gasteiger partial charge in [-0.25, -0.2) is 19.2 Å². The molecule has 10 nitrogen and oxygen atoms in total. The van der Waals surface area contributed by atoms with Crippen LogP contribution < -0.4 is 10.6 Å². The number of hydrogen-bond donors (Lipinski definition) is 3. The highest BCUT2D eigenvalue weighted by molar-refractivity contribution is 5.83. The van der Waals surface area contributed by atoms with Gasteiger partial charge in [0.2, 0.25) is 0 Å². The van der Waals surface area contributed by atoms with Gasteiger partial charge in [0.25, 0.3) is 0 Å². The van der Waals surface area contributed by atoms with Crippen LogP contribution in [-0.2, 0) is 23.8 Å². The Morgan fingerprint density at radius 2 is 1.44 bits per heavy atom. The zero-order valence-electron chi connectivity index (χ0n) is 20.6. The van der Waals surface area contributed by atoms with E-state index in [1.807, 2.05) is 48.5 Å². The molecular formula is C26H30N2O8. The number of alkyl carbamates (subject to hydrolysis) is 2. The molecule has 0 saturated carbocycles. The summed E-state index contributed by atoms with van der Waals surface area (Å²) < 4.78 is 15.4. The van der Waals surface area contributed by atoms with Crippen molar-refractivity contribution in [3.8, 4) is 11.1 Å². The number of amides is 2. The largest absolute Gasteiger partial charge is 0.480 e. The Bertz CT molecular complexity index is 1100. The van der Waals surface area contributed by atoms with Crippen molar-refractivity contribution in [2.24, 2.45) is 0 Å². The molecule has 1 aliphatic rings. The number of carbonyl (C=O) groups is 4. The zero-order valence-corrected chi connectivity index (χ0v) is 20.6. The van der Waals surface area contributed by atoms with Gasteiger partial charge in [0.1, 0.15) is 24.9 Å². The fourth-order valence-electron chi connectivity index (χ4n) is 3.79. The van der Waals surface area contributed by atoms with Crippen molar-refractivity contribution < 1.29 is 38.5 Å². The van der Waals surface area contributed by atoms with Gasteiger partial charge in [-0.2, -0.15) is 0 Å². The van der Waals surface area contributed by atoms with Crippen LogP contribution in [-0.4, -0.2) is 60.1 Å². The Kier molecular flexibility index (Phi) is 8.18. The third kappa shape index (κ3) is 6.74. The lowest BCUT2D eigenvalue weighted by molar-refractivity contribution is -0.150. The molecule has 0 fully saturated rings. The molecule has 3 N–H and O–H groups in total. The maximum Gasteiger partial charge on any atom is 0.408 e. The van der Waals surface area contributed by atoms with E-state index in [9.17, 15) is 24.3 Å². The monoisotopic (exact) mass is 498 g/mol. The summed E-state index contributed by atoms with van der Waals surface area (Å²) in [5, 5.41) is 13.8. The maximum absolute atomic E-state index is 12.4. The first-order chi connectivity index (χ1) is 17.0. The Morgan fingerprint density at radius 1 is 0.889 bits per heavy atom. The molecule has 0 radical (unpaired) electrons. The van der Waals surface area contributed by atoms with Crippen molar-refractivity contribution >= 4 is 24.1 Å². The van der Waals surface area contributed by atoms with Crippen LogP contribution in [0.15, 0.2) is 48.5 Å². The summed E-state index contributed by atoms with van der Waals surface area (Å²) in [7, 11) is 0. The maximum atomic E-state index is 12.4. The summed E-state index contributed by atoms with van der Waals surface area (Å²) in [6, 6.07) is 13.2. The molecule has 2 aromatic rings. The van der Waals surface area contributed by atoms with E-state index in [2.05, 4.69) is 10.6 Å². The molecule has 0 heterocycles. The van der Waals surface area contributed by atoms with Crippen molar-refractivity contribution in [2.75, 3.05) is 13.2 Å². The van der Waals surface area contributed by atoms with E-state index in [-0.39, 0.29) is 12.5 Å². The molecule has 1 aliphatic carbocycles. The van der Waals surface area contributed by atoms with E-state index in [4.69, 9.17) is 14.2 Å². The van der Waals surface area contributed by atoms with Crippen LogP contribution in [0.2, 0.25) is 0 Å². The molecule has 0 aliphatic heterocycles. The van der Waals surface area contributed by atoms with Crippen LogP contribution in [0.1, 0.15) is 44.7 Å². The number of fused-ring (bicyclic) bond motifs is 3. The molecule has 2 amide bonds. The average Bonchev–Trinajstić information content (AvgIpc) is 3.12. The number of aliphatic carboxylic acids is 1. The number of rotatable bonds is 8. The molecule has 2 atom stereocenters. The number of hydrogen-bond acceptors (Lipinski definition) is 7. The van der Waals surface area contributed by atoms with Gasteiger partial charge in [0.15, 0.2) is 6.04 Å². The number of carboxylic acids is 1. The fraction of sp³-hybridized carbons (Fsp3) is 0.385. The van der Waals surface area contributed by atoms with E-state index in [0.29, 0.717) is 0 Å². The fourth-order valence-corrected chi connectivity index (χ4v) is 3.79. The van der Waals surface area contributed by atoms with Crippen LogP contribution in [0.3, 0.4) is 0 Å². The van der Waals surface area contributed by atoms with Crippen molar-refractivity contribution in [3.05, 3.63) is 59.7 Å². The number of esters is 1. The normalized spacial score (nSPS) is 14.0. The smallest absolute Gasteiger partial charge is 0.408 e. The van der Waals surface area contributed by atoms with E-state index < -0.39 is 48.4 Å². The van der Waals surface area contributed by atoms with Gasteiger partial charge in [-0.15, -0.1) is 0 Å². The number of carbonyl (C=O) groups excluding carboxylic acids is 3. The van der Waals surface area contributed by atoms with Crippen molar-refractivity contribution in [1.82, 2.24) is 10.6 Å². The van der Waals surface area contributed by atoms with Crippen LogP contribution in [0.4, 0.5) is 9.59 Å². The highest BCUT2D eigenvalue weighted by atomic mass is 16.6. The van der Waals surface area contributed by atoms with Crippen LogP contribution >= 0.6 is 0 Å². The summed E-state index contributed by atoms with van der Waals surface area (Å²) in [5.74, 6) is -2.44. The quantitative estimate of drug-likeness (QED) is 0.371. The number of ether oxygens (including phenoxy) is 3. The van der Waals surface area contributed by atoms with Gasteiger partial charge in [-0.1, -0.05) is 48.5 Å². The van der Waals surface area contributed by atoms with E-state index in [1.54, 1.807) is 20.8 Å². The summed E-state index contributed by atoms with van der Waals surface area (Å²) in [6.45, 7) is 5.67. The van der Waals surface area contributed by atoms with Gasteiger partial charge in [-0.3, -0.25) is 0 Å². The molecule has 0 bridgehead atoms. The Hall–Kier alpha value is -4.08. The van der Waals surface area contributed by atoms with Crippen LogP contribution in [0.5, 0.6) is 0 Å². The predicted molar refractivity (Wildman–Crippen MR) is 129 cm³/mol. The lowest BCUT2D eigenvalue weighted by Gasteiger charge is -2.22.